The second-order valence-electron chi connectivity index (χ2n) is 6.39. The molecular weight excluding hydrogens is 292 g/mol. The highest BCUT2D eigenvalue weighted by Gasteiger charge is 2.32. The lowest BCUT2D eigenvalue weighted by Gasteiger charge is -2.39. The molecule has 1 aliphatic rings. The average molecular weight is 319 g/mol. The summed E-state index contributed by atoms with van der Waals surface area (Å²) >= 11 is 5.63. The summed E-state index contributed by atoms with van der Waals surface area (Å²) in [6.45, 7) is 9.32. The number of amides is 2. The van der Waals surface area contributed by atoms with Crippen LogP contribution in [-0.4, -0.2) is 59.0 Å². The van der Waals surface area contributed by atoms with Crippen molar-refractivity contribution in [3.05, 3.63) is 0 Å². The molecule has 0 aliphatic carbocycles. The number of rotatable bonds is 4. The third-order valence-electron chi connectivity index (χ3n) is 3.54. The summed E-state index contributed by atoms with van der Waals surface area (Å²) in [6, 6.07) is 0.0146. The largest absolute Gasteiger partial charge is 0.444 e. The van der Waals surface area contributed by atoms with Crippen molar-refractivity contribution in [2.24, 2.45) is 0 Å². The van der Waals surface area contributed by atoms with Crippen molar-refractivity contribution < 1.29 is 14.3 Å². The van der Waals surface area contributed by atoms with E-state index in [0.717, 1.165) is 19.3 Å². The molecule has 1 heterocycles. The molecule has 0 bridgehead atoms. The van der Waals surface area contributed by atoms with Gasteiger partial charge in [-0.15, -0.1) is 11.6 Å². The standard InChI is InChI=1S/C15H27ClN2O3/c1-5-17(13(19)10-16)11-12-8-6-7-9-18(12)14(20)21-15(2,3)4/h12H,5-11H2,1-4H3/t12-/m0/s1. The fourth-order valence-corrected chi connectivity index (χ4v) is 2.67. The number of likely N-dealkylation sites (tertiary alicyclic amines) is 1. The third kappa shape index (κ3) is 5.73. The molecule has 6 heteroatoms. The van der Waals surface area contributed by atoms with Crippen LogP contribution in [0.3, 0.4) is 0 Å². The molecule has 1 fully saturated rings. The van der Waals surface area contributed by atoms with Crippen molar-refractivity contribution >= 4 is 23.6 Å². The first kappa shape index (κ1) is 18.1. The lowest BCUT2D eigenvalue weighted by Crippen LogP contribution is -2.52. The highest BCUT2D eigenvalue weighted by molar-refractivity contribution is 6.27. The maximum atomic E-state index is 12.3. The van der Waals surface area contributed by atoms with Gasteiger partial charge < -0.3 is 14.5 Å². The second kappa shape index (κ2) is 7.87. The minimum Gasteiger partial charge on any atom is -0.444 e. The maximum absolute atomic E-state index is 12.3. The molecule has 0 spiro atoms. The predicted molar refractivity (Wildman–Crippen MR) is 83.6 cm³/mol. The van der Waals surface area contributed by atoms with Gasteiger partial charge in [-0.3, -0.25) is 4.79 Å². The third-order valence-corrected chi connectivity index (χ3v) is 3.76. The zero-order chi connectivity index (χ0) is 16.0. The van der Waals surface area contributed by atoms with Gasteiger partial charge in [0, 0.05) is 19.6 Å². The number of ether oxygens (including phenoxy) is 1. The Hall–Kier alpha value is -0.970. The van der Waals surface area contributed by atoms with Crippen molar-refractivity contribution in [2.45, 2.75) is 58.6 Å². The summed E-state index contributed by atoms with van der Waals surface area (Å²) in [5.41, 5.74) is -0.504. The van der Waals surface area contributed by atoms with Crippen molar-refractivity contribution in [2.75, 3.05) is 25.5 Å². The van der Waals surface area contributed by atoms with Gasteiger partial charge in [-0.25, -0.2) is 4.79 Å². The Morgan fingerprint density at radius 2 is 2.00 bits per heavy atom. The van der Waals surface area contributed by atoms with Crippen molar-refractivity contribution in [1.82, 2.24) is 9.80 Å². The minimum absolute atomic E-state index is 0.0146. The van der Waals surface area contributed by atoms with Gasteiger partial charge in [0.25, 0.3) is 0 Å². The van der Waals surface area contributed by atoms with Crippen LogP contribution in [-0.2, 0) is 9.53 Å². The first-order valence-electron chi connectivity index (χ1n) is 7.62. The number of nitrogens with zero attached hydrogens (tertiary/aromatic N) is 2. The van der Waals surface area contributed by atoms with Crippen LogP contribution < -0.4 is 0 Å². The van der Waals surface area contributed by atoms with Crippen LogP contribution in [0.5, 0.6) is 0 Å². The summed E-state index contributed by atoms with van der Waals surface area (Å²) in [6.07, 6.45) is 2.65. The van der Waals surface area contributed by atoms with E-state index in [1.54, 1.807) is 9.80 Å². The molecule has 1 rings (SSSR count). The quantitative estimate of drug-likeness (QED) is 0.749. The Labute approximate surface area is 132 Å². The predicted octanol–water partition coefficient (Wildman–Crippen LogP) is 2.86. The zero-order valence-electron chi connectivity index (χ0n) is 13.5. The number of piperidine rings is 1. The van der Waals surface area contributed by atoms with E-state index in [1.807, 2.05) is 27.7 Å². The highest BCUT2D eigenvalue weighted by atomic mass is 35.5. The average Bonchev–Trinajstić information content (AvgIpc) is 2.42. The van der Waals surface area contributed by atoms with E-state index in [9.17, 15) is 9.59 Å². The van der Waals surface area contributed by atoms with Gasteiger partial charge in [-0.05, 0) is 47.0 Å². The van der Waals surface area contributed by atoms with Gasteiger partial charge >= 0.3 is 6.09 Å². The Kier molecular flexibility index (Phi) is 6.78. The molecule has 0 aromatic rings. The lowest BCUT2D eigenvalue weighted by atomic mass is 10.0. The molecule has 0 unspecified atom stereocenters. The van der Waals surface area contributed by atoms with Gasteiger partial charge in [0.2, 0.25) is 5.91 Å². The van der Waals surface area contributed by atoms with Crippen LogP contribution in [0, 0.1) is 0 Å². The molecule has 0 N–H and O–H groups in total. The number of alkyl halides is 1. The van der Waals surface area contributed by atoms with Crippen LogP contribution in [0.2, 0.25) is 0 Å². The number of hydrogen-bond donors (Lipinski definition) is 0. The summed E-state index contributed by atoms with van der Waals surface area (Å²) < 4.78 is 5.47. The van der Waals surface area contributed by atoms with Crippen molar-refractivity contribution in [3.8, 4) is 0 Å². The summed E-state index contributed by atoms with van der Waals surface area (Å²) in [7, 11) is 0. The Balaban J connectivity index is 2.72. The van der Waals surface area contributed by atoms with Crippen molar-refractivity contribution in [1.29, 1.82) is 0 Å². The van der Waals surface area contributed by atoms with Gasteiger partial charge in [-0.2, -0.15) is 0 Å². The highest BCUT2D eigenvalue weighted by Crippen LogP contribution is 2.21. The van der Waals surface area contributed by atoms with Gasteiger partial charge in [0.1, 0.15) is 11.5 Å². The molecule has 0 radical (unpaired) electrons. The van der Waals surface area contributed by atoms with E-state index in [-0.39, 0.29) is 23.9 Å². The summed E-state index contributed by atoms with van der Waals surface area (Å²) in [5, 5.41) is 0. The van der Waals surface area contributed by atoms with Gasteiger partial charge in [0.05, 0.1) is 6.04 Å². The molecule has 0 aromatic heterocycles. The topological polar surface area (TPSA) is 49.9 Å². The molecule has 1 atom stereocenters. The number of hydrogen-bond acceptors (Lipinski definition) is 3. The molecule has 1 saturated heterocycles. The van der Waals surface area contributed by atoms with E-state index >= 15 is 0 Å². The summed E-state index contributed by atoms with van der Waals surface area (Å²) in [4.78, 5) is 27.6. The maximum Gasteiger partial charge on any atom is 0.410 e. The van der Waals surface area contributed by atoms with Crippen molar-refractivity contribution in [3.63, 3.8) is 0 Å². The Morgan fingerprint density at radius 3 is 2.52 bits per heavy atom. The zero-order valence-corrected chi connectivity index (χ0v) is 14.3. The first-order valence-corrected chi connectivity index (χ1v) is 8.15. The van der Waals surface area contributed by atoms with Crippen LogP contribution in [0.15, 0.2) is 0 Å². The Bertz CT molecular complexity index is 368. The molecular formula is C15H27ClN2O3. The normalized spacial score (nSPS) is 19.3. The fourth-order valence-electron chi connectivity index (χ4n) is 2.50. The smallest absolute Gasteiger partial charge is 0.410 e. The van der Waals surface area contributed by atoms with Crippen LogP contribution in [0.1, 0.15) is 47.0 Å². The van der Waals surface area contributed by atoms with Crippen LogP contribution in [0.4, 0.5) is 4.79 Å². The molecule has 1 aliphatic heterocycles. The summed E-state index contributed by atoms with van der Waals surface area (Å²) in [5.74, 6) is -0.110. The molecule has 5 nitrogen and oxygen atoms in total. The minimum atomic E-state index is -0.504. The van der Waals surface area contributed by atoms with E-state index < -0.39 is 5.60 Å². The van der Waals surface area contributed by atoms with E-state index in [4.69, 9.17) is 16.3 Å². The molecule has 122 valence electrons. The lowest BCUT2D eigenvalue weighted by molar-refractivity contribution is -0.129. The first-order chi connectivity index (χ1) is 9.78. The SMILES string of the molecule is CCN(C[C@@H]1CCCCN1C(=O)OC(C)(C)C)C(=O)CCl. The van der Waals surface area contributed by atoms with Gasteiger partial charge in [0.15, 0.2) is 0 Å². The fraction of sp³-hybridized carbons (Fsp3) is 0.867. The van der Waals surface area contributed by atoms with E-state index in [0.29, 0.717) is 19.6 Å². The van der Waals surface area contributed by atoms with Crippen LogP contribution in [0.25, 0.3) is 0 Å². The molecule has 0 saturated carbocycles. The van der Waals surface area contributed by atoms with E-state index in [1.165, 1.54) is 0 Å². The number of carbonyl (C=O) groups excluding carboxylic acids is 2. The number of carbonyl (C=O) groups is 2. The molecule has 21 heavy (non-hydrogen) atoms. The molecule has 2 amide bonds. The number of likely N-dealkylation sites (N-methyl/N-ethyl adjacent to an activating group) is 1. The van der Waals surface area contributed by atoms with Crippen LogP contribution >= 0.6 is 11.6 Å². The number of halogens is 1. The monoisotopic (exact) mass is 318 g/mol. The van der Waals surface area contributed by atoms with E-state index in [2.05, 4.69) is 0 Å². The molecule has 0 aromatic carbocycles. The Morgan fingerprint density at radius 1 is 1.33 bits per heavy atom. The van der Waals surface area contributed by atoms with Gasteiger partial charge in [-0.1, -0.05) is 0 Å². The second-order valence-corrected chi connectivity index (χ2v) is 6.66.